The average Bonchev–Trinajstić information content (AvgIpc) is 2.79. The van der Waals surface area contributed by atoms with Crippen LogP contribution in [-0.2, 0) is 9.59 Å². The van der Waals surface area contributed by atoms with Crippen LogP contribution in [0.25, 0.3) is 0 Å². The lowest BCUT2D eigenvalue weighted by Gasteiger charge is -2.38. The lowest BCUT2D eigenvalue weighted by Crippen LogP contribution is -2.56. The molecule has 2 saturated heterocycles. The molecule has 7 nitrogen and oxygen atoms in total. The van der Waals surface area contributed by atoms with Gasteiger partial charge < -0.3 is 19.6 Å². The zero-order valence-electron chi connectivity index (χ0n) is 16.2. The highest BCUT2D eigenvalue weighted by molar-refractivity contribution is 6.35. The average molecular weight is 397 g/mol. The van der Waals surface area contributed by atoms with Crippen LogP contribution in [0.3, 0.4) is 0 Å². The third kappa shape index (κ3) is 4.31. The summed E-state index contributed by atoms with van der Waals surface area (Å²) in [7, 11) is 0. The van der Waals surface area contributed by atoms with Gasteiger partial charge in [-0.25, -0.2) is 9.37 Å². The molecule has 0 spiro atoms. The summed E-state index contributed by atoms with van der Waals surface area (Å²) in [6.07, 6.45) is 1.75. The minimum atomic E-state index is -0.435. The summed E-state index contributed by atoms with van der Waals surface area (Å²) in [6, 6.07) is 12.1. The van der Waals surface area contributed by atoms with Gasteiger partial charge >= 0.3 is 11.8 Å². The van der Waals surface area contributed by atoms with Gasteiger partial charge in [-0.3, -0.25) is 9.59 Å². The van der Waals surface area contributed by atoms with Gasteiger partial charge in [0.15, 0.2) is 0 Å². The second-order valence-electron chi connectivity index (χ2n) is 7.22. The molecule has 2 aliphatic rings. The van der Waals surface area contributed by atoms with Crippen molar-refractivity contribution in [2.24, 2.45) is 0 Å². The number of aromatic nitrogens is 1. The molecule has 0 saturated carbocycles. The summed E-state index contributed by atoms with van der Waals surface area (Å²) in [5, 5.41) is 0. The van der Waals surface area contributed by atoms with Crippen LogP contribution in [0.1, 0.15) is 0 Å². The number of anilines is 2. The van der Waals surface area contributed by atoms with E-state index < -0.39 is 11.8 Å². The van der Waals surface area contributed by atoms with Crippen molar-refractivity contribution in [1.29, 1.82) is 0 Å². The van der Waals surface area contributed by atoms with Crippen LogP contribution < -0.4 is 9.80 Å². The molecule has 4 rings (SSSR count). The summed E-state index contributed by atoms with van der Waals surface area (Å²) in [4.78, 5) is 37.2. The Labute approximate surface area is 169 Å². The molecule has 3 heterocycles. The summed E-state index contributed by atoms with van der Waals surface area (Å²) in [5.74, 6) is -0.241. The standard InChI is InChI=1S/C21H24FN5O2/c22-17-4-6-18(7-5-17)24-9-13-26(14-10-24)20(28)21(29)27-15-11-25(12-16-27)19-3-1-2-8-23-19/h1-8H,9-16H2. The van der Waals surface area contributed by atoms with E-state index in [9.17, 15) is 14.0 Å². The van der Waals surface area contributed by atoms with Gasteiger partial charge in [0.25, 0.3) is 0 Å². The Morgan fingerprint density at radius 2 is 1.28 bits per heavy atom. The largest absolute Gasteiger partial charge is 0.368 e. The summed E-state index contributed by atoms with van der Waals surface area (Å²) in [6.45, 7) is 4.55. The van der Waals surface area contributed by atoms with Crippen LogP contribution in [0.4, 0.5) is 15.9 Å². The van der Waals surface area contributed by atoms with Crippen LogP contribution in [0.2, 0.25) is 0 Å². The van der Waals surface area contributed by atoms with E-state index in [0.717, 1.165) is 11.5 Å². The van der Waals surface area contributed by atoms with Crippen molar-refractivity contribution in [1.82, 2.24) is 14.8 Å². The fraction of sp³-hybridized carbons (Fsp3) is 0.381. The normalized spacial score (nSPS) is 17.4. The van der Waals surface area contributed by atoms with Gasteiger partial charge in [0.05, 0.1) is 0 Å². The van der Waals surface area contributed by atoms with Crippen molar-refractivity contribution in [2.75, 3.05) is 62.2 Å². The van der Waals surface area contributed by atoms with Crippen LogP contribution in [-0.4, -0.2) is 79.0 Å². The molecule has 1 aromatic heterocycles. The zero-order valence-corrected chi connectivity index (χ0v) is 16.2. The van der Waals surface area contributed by atoms with E-state index in [0.29, 0.717) is 52.4 Å². The molecule has 2 aromatic rings. The number of pyridine rings is 1. The second kappa shape index (κ2) is 8.46. The van der Waals surface area contributed by atoms with Crippen molar-refractivity contribution in [3.8, 4) is 0 Å². The number of amides is 2. The zero-order chi connectivity index (χ0) is 20.2. The Morgan fingerprint density at radius 1 is 0.724 bits per heavy atom. The molecule has 2 amide bonds. The quantitative estimate of drug-likeness (QED) is 0.714. The maximum Gasteiger partial charge on any atom is 0.312 e. The molecule has 0 N–H and O–H groups in total. The highest BCUT2D eigenvalue weighted by atomic mass is 19.1. The minimum absolute atomic E-state index is 0.267. The Balaban J connectivity index is 1.28. The predicted molar refractivity (Wildman–Crippen MR) is 108 cm³/mol. The molecule has 0 aliphatic carbocycles. The minimum Gasteiger partial charge on any atom is -0.368 e. The van der Waals surface area contributed by atoms with Gasteiger partial charge in [-0.15, -0.1) is 0 Å². The molecule has 0 bridgehead atoms. The number of hydrogen-bond acceptors (Lipinski definition) is 5. The van der Waals surface area contributed by atoms with E-state index in [4.69, 9.17) is 0 Å². The number of hydrogen-bond donors (Lipinski definition) is 0. The number of rotatable bonds is 2. The number of halogens is 1. The molecule has 0 radical (unpaired) electrons. The third-order valence-corrected chi connectivity index (χ3v) is 5.48. The van der Waals surface area contributed by atoms with Crippen LogP contribution in [0.5, 0.6) is 0 Å². The fourth-order valence-corrected chi connectivity index (χ4v) is 3.77. The highest BCUT2D eigenvalue weighted by Gasteiger charge is 2.31. The van der Waals surface area contributed by atoms with Gasteiger partial charge in [-0.1, -0.05) is 6.07 Å². The second-order valence-corrected chi connectivity index (χ2v) is 7.22. The highest BCUT2D eigenvalue weighted by Crippen LogP contribution is 2.18. The number of piperazine rings is 2. The van der Waals surface area contributed by atoms with E-state index in [-0.39, 0.29) is 5.82 Å². The van der Waals surface area contributed by atoms with Gasteiger partial charge in [-0.2, -0.15) is 0 Å². The van der Waals surface area contributed by atoms with Crippen LogP contribution in [0, 0.1) is 5.82 Å². The first kappa shape index (κ1) is 19.2. The predicted octanol–water partition coefficient (Wildman–Crippen LogP) is 1.22. The van der Waals surface area contributed by atoms with E-state index in [1.54, 1.807) is 28.1 Å². The van der Waals surface area contributed by atoms with Crippen LogP contribution >= 0.6 is 0 Å². The first-order valence-electron chi connectivity index (χ1n) is 9.86. The maximum atomic E-state index is 13.1. The monoisotopic (exact) mass is 397 g/mol. The SMILES string of the molecule is O=C(C(=O)N1CCN(c2ccccn2)CC1)N1CCN(c2ccc(F)cc2)CC1. The fourth-order valence-electron chi connectivity index (χ4n) is 3.77. The Bertz CT molecular complexity index is 845. The topological polar surface area (TPSA) is 60.0 Å². The third-order valence-electron chi connectivity index (χ3n) is 5.48. The number of benzene rings is 1. The molecular weight excluding hydrogens is 373 g/mol. The van der Waals surface area contributed by atoms with Gasteiger partial charge in [0.1, 0.15) is 11.6 Å². The van der Waals surface area contributed by atoms with Crippen molar-refractivity contribution in [3.63, 3.8) is 0 Å². The van der Waals surface area contributed by atoms with E-state index in [1.165, 1.54) is 12.1 Å². The number of carbonyl (C=O) groups is 2. The molecule has 1 aromatic carbocycles. The summed E-state index contributed by atoms with van der Waals surface area (Å²) in [5.41, 5.74) is 0.926. The van der Waals surface area contributed by atoms with Gasteiger partial charge in [0, 0.05) is 64.2 Å². The molecule has 2 fully saturated rings. The van der Waals surface area contributed by atoms with Gasteiger partial charge in [0.2, 0.25) is 0 Å². The van der Waals surface area contributed by atoms with Crippen LogP contribution in [0.15, 0.2) is 48.7 Å². The first-order chi connectivity index (χ1) is 14.1. The molecule has 2 aliphatic heterocycles. The number of nitrogens with zero attached hydrogens (tertiary/aromatic N) is 5. The molecule has 29 heavy (non-hydrogen) atoms. The van der Waals surface area contributed by atoms with Crippen molar-refractivity contribution in [2.45, 2.75) is 0 Å². The lowest BCUT2D eigenvalue weighted by molar-refractivity contribution is -0.152. The van der Waals surface area contributed by atoms with E-state index >= 15 is 0 Å². The summed E-state index contributed by atoms with van der Waals surface area (Å²) >= 11 is 0. The Kier molecular flexibility index (Phi) is 5.59. The Morgan fingerprint density at radius 3 is 1.79 bits per heavy atom. The molecule has 0 unspecified atom stereocenters. The number of carbonyl (C=O) groups excluding carboxylic acids is 2. The smallest absolute Gasteiger partial charge is 0.312 e. The lowest BCUT2D eigenvalue weighted by atomic mass is 10.2. The van der Waals surface area contributed by atoms with Crippen molar-refractivity contribution >= 4 is 23.3 Å². The van der Waals surface area contributed by atoms with E-state index in [1.807, 2.05) is 18.2 Å². The molecule has 152 valence electrons. The van der Waals surface area contributed by atoms with Gasteiger partial charge in [-0.05, 0) is 36.4 Å². The maximum absolute atomic E-state index is 13.1. The van der Waals surface area contributed by atoms with Crippen molar-refractivity contribution in [3.05, 3.63) is 54.5 Å². The first-order valence-corrected chi connectivity index (χ1v) is 9.86. The summed E-state index contributed by atoms with van der Waals surface area (Å²) < 4.78 is 13.1. The molecular formula is C21H24FN5O2. The Hall–Kier alpha value is -3.16. The van der Waals surface area contributed by atoms with Crippen molar-refractivity contribution < 1.29 is 14.0 Å². The molecule has 0 atom stereocenters. The van der Waals surface area contributed by atoms with E-state index in [2.05, 4.69) is 14.8 Å². The molecule has 8 heteroatoms.